The first-order valence-electron chi connectivity index (χ1n) is 10.0. The zero-order valence-electron chi connectivity index (χ0n) is 16.3. The van der Waals surface area contributed by atoms with Crippen molar-refractivity contribution in [2.75, 3.05) is 11.9 Å². The second-order valence-electron chi connectivity index (χ2n) is 7.33. The molecule has 5 heteroatoms. The lowest BCUT2D eigenvalue weighted by molar-refractivity contribution is -0.129. The van der Waals surface area contributed by atoms with E-state index in [1.54, 1.807) is 19.1 Å². The maximum Gasteiger partial charge on any atom is 0.341 e. The molecule has 1 fully saturated rings. The molecule has 2 aromatic carbocycles. The van der Waals surface area contributed by atoms with Gasteiger partial charge in [0.05, 0.1) is 11.3 Å². The number of benzene rings is 2. The van der Waals surface area contributed by atoms with Gasteiger partial charge in [-0.05, 0) is 49.9 Å². The number of hydrogen-bond donors (Lipinski definition) is 2. The van der Waals surface area contributed by atoms with Crippen LogP contribution in [0.25, 0.3) is 0 Å². The molecule has 3 rings (SSSR count). The summed E-state index contributed by atoms with van der Waals surface area (Å²) in [6.07, 6.45) is 5.24. The fourth-order valence-corrected chi connectivity index (χ4v) is 3.50. The molecule has 5 nitrogen and oxygen atoms in total. The summed E-state index contributed by atoms with van der Waals surface area (Å²) in [6, 6.07) is 16.7. The SMILES string of the molecule is C[C@@H](OC(=O)c1ccccc1Nc1ccccc1)C(=O)NCC1CCCCC1. The third kappa shape index (κ3) is 5.59. The van der Waals surface area contributed by atoms with Crippen molar-refractivity contribution in [3.63, 3.8) is 0 Å². The fourth-order valence-electron chi connectivity index (χ4n) is 3.50. The Balaban J connectivity index is 1.57. The van der Waals surface area contributed by atoms with Gasteiger partial charge in [0.25, 0.3) is 5.91 Å². The second-order valence-corrected chi connectivity index (χ2v) is 7.33. The van der Waals surface area contributed by atoms with Gasteiger partial charge in [0, 0.05) is 12.2 Å². The smallest absolute Gasteiger partial charge is 0.341 e. The third-order valence-corrected chi connectivity index (χ3v) is 5.14. The summed E-state index contributed by atoms with van der Waals surface area (Å²) in [6.45, 7) is 2.27. The van der Waals surface area contributed by atoms with Crippen LogP contribution in [0.15, 0.2) is 54.6 Å². The first kappa shape index (κ1) is 19.9. The molecule has 1 saturated carbocycles. The Hall–Kier alpha value is -2.82. The number of para-hydroxylation sites is 2. The van der Waals surface area contributed by atoms with Crippen molar-refractivity contribution < 1.29 is 14.3 Å². The van der Waals surface area contributed by atoms with Gasteiger partial charge in [0.1, 0.15) is 0 Å². The summed E-state index contributed by atoms with van der Waals surface area (Å²) in [5.74, 6) is -0.219. The normalized spacial score (nSPS) is 15.5. The number of carbonyl (C=O) groups excluding carboxylic acids is 2. The van der Waals surface area contributed by atoms with Gasteiger partial charge in [-0.15, -0.1) is 0 Å². The number of esters is 1. The van der Waals surface area contributed by atoms with Crippen LogP contribution in [0.5, 0.6) is 0 Å². The van der Waals surface area contributed by atoms with E-state index in [0.29, 0.717) is 23.7 Å². The Morgan fingerprint density at radius 3 is 2.43 bits per heavy atom. The third-order valence-electron chi connectivity index (χ3n) is 5.14. The van der Waals surface area contributed by atoms with Gasteiger partial charge in [-0.1, -0.05) is 49.6 Å². The minimum Gasteiger partial charge on any atom is -0.449 e. The molecule has 0 heterocycles. The lowest BCUT2D eigenvalue weighted by atomic mass is 9.89. The molecule has 1 aliphatic carbocycles. The van der Waals surface area contributed by atoms with Gasteiger partial charge in [0.2, 0.25) is 0 Å². The quantitative estimate of drug-likeness (QED) is 0.685. The molecular weight excluding hydrogens is 352 g/mol. The van der Waals surface area contributed by atoms with E-state index >= 15 is 0 Å². The minimum absolute atomic E-state index is 0.243. The standard InChI is InChI=1S/C23H28N2O3/c1-17(22(26)24-16-18-10-4-2-5-11-18)28-23(27)20-14-8-9-15-21(20)25-19-12-6-3-7-13-19/h3,6-9,12-15,17-18,25H,2,4-5,10-11,16H2,1H3,(H,24,26)/t17-/m1/s1. The van der Waals surface area contributed by atoms with E-state index in [2.05, 4.69) is 10.6 Å². The highest BCUT2D eigenvalue weighted by Gasteiger charge is 2.22. The van der Waals surface area contributed by atoms with E-state index in [9.17, 15) is 9.59 Å². The molecule has 148 valence electrons. The average molecular weight is 380 g/mol. The van der Waals surface area contributed by atoms with Gasteiger partial charge in [0.15, 0.2) is 6.10 Å². The van der Waals surface area contributed by atoms with Crippen molar-refractivity contribution in [2.45, 2.75) is 45.1 Å². The molecule has 0 bridgehead atoms. The van der Waals surface area contributed by atoms with Gasteiger partial charge in [-0.25, -0.2) is 4.79 Å². The number of anilines is 2. The summed E-state index contributed by atoms with van der Waals surface area (Å²) >= 11 is 0. The Bertz CT molecular complexity index is 785. The zero-order chi connectivity index (χ0) is 19.8. The van der Waals surface area contributed by atoms with Crippen molar-refractivity contribution in [3.05, 3.63) is 60.2 Å². The summed E-state index contributed by atoms with van der Waals surface area (Å²) in [5.41, 5.74) is 1.92. The highest BCUT2D eigenvalue weighted by atomic mass is 16.5. The minimum atomic E-state index is -0.833. The van der Waals surface area contributed by atoms with Crippen LogP contribution in [0, 0.1) is 5.92 Å². The summed E-state index contributed by atoms with van der Waals surface area (Å²) in [5, 5.41) is 6.15. The van der Waals surface area contributed by atoms with E-state index in [1.165, 1.54) is 19.3 Å². The molecule has 1 atom stereocenters. The van der Waals surface area contributed by atoms with Gasteiger partial charge in [-0.3, -0.25) is 4.79 Å². The Morgan fingerprint density at radius 1 is 1.00 bits per heavy atom. The summed E-state index contributed by atoms with van der Waals surface area (Å²) < 4.78 is 5.43. The predicted molar refractivity (Wildman–Crippen MR) is 111 cm³/mol. The maximum atomic E-state index is 12.6. The number of rotatable bonds is 7. The lowest BCUT2D eigenvalue weighted by Gasteiger charge is -2.22. The molecule has 1 aliphatic rings. The molecular formula is C23H28N2O3. The molecule has 0 spiro atoms. The highest BCUT2D eigenvalue weighted by Crippen LogP contribution is 2.23. The number of amides is 1. The van der Waals surface area contributed by atoms with Crippen LogP contribution in [0.2, 0.25) is 0 Å². The van der Waals surface area contributed by atoms with Crippen LogP contribution in [0.4, 0.5) is 11.4 Å². The van der Waals surface area contributed by atoms with E-state index in [4.69, 9.17) is 4.74 Å². The van der Waals surface area contributed by atoms with E-state index in [0.717, 1.165) is 18.5 Å². The Labute approximate surface area is 166 Å². The van der Waals surface area contributed by atoms with Gasteiger partial charge >= 0.3 is 5.97 Å². The monoisotopic (exact) mass is 380 g/mol. The van der Waals surface area contributed by atoms with Gasteiger partial charge < -0.3 is 15.4 Å². The number of carbonyl (C=O) groups is 2. The fraction of sp³-hybridized carbons (Fsp3) is 0.391. The Kier molecular flexibility index (Phi) is 7.06. The second kappa shape index (κ2) is 9.93. The number of hydrogen-bond acceptors (Lipinski definition) is 4. The molecule has 0 unspecified atom stereocenters. The van der Waals surface area contributed by atoms with Crippen LogP contribution in [-0.2, 0) is 9.53 Å². The first-order valence-corrected chi connectivity index (χ1v) is 10.0. The predicted octanol–water partition coefficient (Wildman–Crippen LogP) is 4.67. The largest absolute Gasteiger partial charge is 0.449 e. The van der Waals surface area contributed by atoms with Crippen LogP contribution < -0.4 is 10.6 Å². The summed E-state index contributed by atoms with van der Waals surface area (Å²) in [7, 11) is 0. The Morgan fingerprint density at radius 2 is 1.68 bits per heavy atom. The zero-order valence-corrected chi connectivity index (χ0v) is 16.3. The van der Waals surface area contributed by atoms with Crippen molar-refractivity contribution in [1.82, 2.24) is 5.32 Å². The van der Waals surface area contributed by atoms with Crippen LogP contribution >= 0.6 is 0 Å². The maximum absolute atomic E-state index is 12.6. The lowest BCUT2D eigenvalue weighted by Crippen LogP contribution is -2.38. The van der Waals surface area contributed by atoms with Crippen molar-refractivity contribution in [3.8, 4) is 0 Å². The topological polar surface area (TPSA) is 67.4 Å². The molecule has 0 aromatic heterocycles. The van der Waals surface area contributed by atoms with Crippen molar-refractivity contribution in [1.29, 1.82) is 0 Å². The van der Waals surface area contributed by atoms with Crippen LogP contribution in [0.1, 0.15) is 49.4 Å². The molecule has 28 heavy (non-hydrogen) atoms. The highest BCUT2D eigenvalue weighted by molar-refractivity contribution is 5.98. The average Bonchev–Trinajstić information content (AvgIpc) is 2.73. The molecule has 2 aromatic rings. The van der Waals surface area contributed by atoms with E-state index in [-0.39, 0.29) is 5.91 Å². The molecule has 0 aliphatic heterocycles. The summed E-state index contributed by atoms with van der Waals surface area (Å²) in [4.78, 5) is 25.0. The van der Waals surface area contributed by atoms with Gasteiger partial charge in [-0.2, -0.15) is 0 Å². The van der Waals surface area contributed by atoms with E-state index in [1.807, 2.05) is 42.5 Å². The van der Waals surface area contributed by atoms with Crippen molar-refractivity contribution >= 4 is 23.3 Å². The molecule has 0 saturated heterocycles. The number of ether oxygens (including phenoxy) is 1. The molecule has 1 amide bonds. The first-order chi connectivity index (χ1) is 13.6. The molecule has 0 radical (unpaired) electrons. The number of nitrogens with one attached hydrogen (secondary N) is 2. The van der Waals surface area contributed by atoms with E-state index < -0.39 is 12.1 Å². The molecule has 2 N–H and O–H groups in total. The van der Waals surface area contributed by atoms with Crippen LogP contribution in [-0.4, -0.2) is 24.5 Å². The van der Waals surface area contributed by atoms with Crippen LogP contribution in [0.3, 0.4) is 0 Å². The van der Waals surface area contributed by atoms with Crippen molar-refractivity contribution in [2.24, 2.45) is 5.92 Å².